The first kappa shape index (κ1) is 14.1. The molecule has 3 heteroatoms. The fourth-order valence-electron chi connectivity index (χ4n) is 3.36. The molecular weight excluding hydrogens is 282 g/mol. The molecule has 3 nitrogen and oxygen atoms in total. The van der Waals surface area contributed by atoms with Crippen molar-refractivity contribution in [2.45, 2.75) is 32.4 Å². The van der Waals surface area contributed by atoms with Crippen LogP contribution in [0.4, 0.5) is 5.69 Å². The number of nitrogens with zero attached hydrogens (tertiary/aromatic N) is 3. The Bertz CT molecular complexity index is 791. The maximum atomic E-state index is 4.52. The molecule has 0 N–H and O–H groups in total. The Labute approximate surface area is 137 Å². The van der Waals surface area contributed by atoms with Crippen molar-refractivity contribution in [1.29, 1.82) is 0 Å². The van der Waals surface area contributed by atoms with Crippen LogP contribution in [0.3, 0.4) is 0 Å². The second-order valence-electron chi connectivity index (χ2n) is 6.27. The first-order valence-electron chi connectivity index (χ1n) is 8.25. The number of anilines is 1. The summed E-state index contributed by atoms with van der Waals surface area (Å²) in [5, 5.41) is 4.52. The molecule has 1 atom stereocenters. The zero-order valence-corrected chi connectivity index (χ0v) is 13.4. The lowest BCUT2D eigenvalue weighted by Gasteiger charge is -2.36. The molecule has 0 bridgehead atoms. The minimum atomic E-state index is 0.560. The number of rotatable bonds is 3. The van der Waals surface area contributed by atoms with Gasteiger partial charge in [0.15, 0.2) is 0 Å². The van der Waals surface area contributed by atoms with Crippen molar-refractivity contribution in [3.05, 3.63) is 78.1 Å². The van der Waals surface area contributed by atoms with Gasteiger partial charge in [-0.3, -0.25) is 0 Å². The molecular formula is C20H21N3. The SMILES string of the molecule is CC1CCc2ccccc2N1Cc1cnn(-c2ccccc2)c1. The van der Waals surface area contributed by atoms with Crippen molar-refractivity contribution >= 4 is 5.69 Å². The van der Waals surface area contributed by atoms with Gasteiger partial charge >= 0.3 is 0 Å². The van der Waals surface area contributed by atoms with E-state index in [2.05, 4.69) is 59.5 Å². The number of aromatic nitrogens is 2. The van der Waals surface area contributed by atoms with E-state index in [1.54, 1.807) is 0 Å². The second-order valence-corrected chi connectivity index (χ2v) is 6.27. The van der Waals surface area contributed by atoms with Gasteiger partial charge in [-0.25, -0.2) is 4.68 Å². The lowest BCUT2D eigenvalue weighted by atomic mass is 9.96. The van der Waals surface area contributed by atoms with E-state index in [-0.39, 0.29) is 0 Å². The van der Waals surface area contributed by atoms with Crippen LogP contribution in [0.25, 0.3) is 5.69 Å². The van der Waals surface area contributed by atoms with E-state index >= 15 is 0 Å². The topological polar surface area (TPSA) is 21.1 Å². The Morgan fingerprint density at radius 2 is 1.83 bits per heavy atom. The highest BCUT2D eigenvalue weighted by Gasteiger charge is 2.23. The molecule has 0 radical (unpaired) electrons. The number of hydrogen-bond acceptors (Lipinski definition) is 2. The van der Waals surface area contributed by atoms with Crippen molar-refractivity contribution in [1.82, 2.24) is 9.78 Å². The second kappa shape index (κ2) is 5.92. The lowest BCUT2D eigenvalue weighted by Crippen LogP contribution is -2.36. The Morgan fingerprint density at radius 3 is 2.70 bits per heavy atom. The van der Waals surface area contributed by atoms with Gasteiger partial charge in [0.25, 0.3) is 0 Å². The molecule has 23 heavy (non-hydrogen) atoms. The Morgan fingerprint density at radius 1 is 1.04 bits per heavy atom. The largest absolute Gasteiger partial charge is 0.364 e. The summed E-state index contributed by atoms with van der Waals surface area (Å²) in [6, 6.07) is 19.6. The third-order valence-electron chi connectivity index (χ3n) is 4.67. The maximum Gasteiger partial charge on any atom is 0.0645 e. The highest BCUT2D eigenvalue weighted by atomic mass is 15.3. The van der Waals surface area contributed by atoms with Crippen LogP contribution in [-0.2, 0) is 13.0 Å². The monoisotopic (exact) mass is 303 g/mol. The lowest BCUT2D eigenvalue weighted by molar-refractivity contribution is 0.560. The van der Waals surface area contributed by atoms with Gasteiger partial charge < -0.3 is 4.90 Å². The predicted molar refractivity (Wildman–Crippen MR) is 94.0 cm³/mol. The minimum absolute atomic E-state index is 0.560. The summed E-state index contributed by atoms with van der Waals surface area (Å²) >= 11 is 0. The quantitative estimate of drug-likeness (QED) is 0.722. The van der Waals surface area contributed by atoms with Crippen LogP contribution in [0.1, 0.15) is 24.5 Å². The van der Waals surface area contributed by atoms with Gasteiger partial charge in [0, 0.05) is 30.0 Å². The van der Waals surface area contributed by atoms with Gasteiger partial charge in [0.2, 0.25) is 0 Å². The van der Waals surface area contributed by atoms with E-state index in [0.29, 0.717) is 6.04 Å². The summed E-state index contributed by atoms with van der Waals surface area (Å²) in [5.74, 6) is 0. The Hall–Kier alpha value is -2.55. The van der Waals surface area contributed by atoms with Crippen molar-refractivity contribution in [2.75, 3.05) is 4.90 Å². The first-order chi connectivity index (χ1) is 11.3. The highest BCUT2D eigenvalue weighted by molar-refractivity contribution is 5.56. The first-order valence-corrected chi connectivity index (χ1v) is 8.25. The van der Waals surface area contributed by atoms with Gasteiger partial charge in [0.1, 0.15) is 0 Å². The molecule has 3 aromatic rings. The van der Waals surface area contributed by atoms with Gasteiger partial charge in [0.05, 0.1) is 11.9 Å². The number of para-hydroxylation sites is 2. The summed E-state index contributed by atoms with van der Waals surface area (Å²) in [6.45, 7) is 3.22. The molecule has 1 aromatic heterocycles. The zero-order chi connectivity index (χ0) is 15.6. The molecule has 4 rings (SSSR count). The number of fused-ring (bicyclic) bond motifs is 1. The average molecular weight is 303 g/mol. The molecule has 1 aliphatic heterocycles. The molecule has 0 aliphatic carbocycles. The maximum absolute atomic E-state index is 4.52. The van der Waals surface area contributed by atoms with Crippen LogP contribution < -0.4 is 4.90 Å². The molecule has 116 valence electrons. The summed E-state index contributed by atoms with van der Waals surface area (Å²) in [4.78, 5) is 2.51. The van der Waals surface area contributed by atoms with Crippen LogP contribution >= 0.6 is 0 Å². The molecule has 2 heterocycles. The summed E-state index contributed by atoms with van der Waals surface area (Å²) < 4.78 is 1.95. The molecule has 0 saturated carbocycles. The third kappa shape index (κ3) is 2.74. The van der Waals surface area contributed by atoms with Crippen molar-refractivity contribution in [3.63, 3.8) is 0 Å². The molecule has 0 saturated heterocycles. The van der Waals surface area contributed by atoms with Crippen molar-refractivity contribution < 1.29 is 0 Å². The van der Waals surface area contributed by atoms with Crippen molar-refractivity contribution in [3.8, 4) is 5.69 Å². The van der Waals surface area contributed by atoms with Gasteiger partial charge in [-0.05, 0) is 43.5 Å². The van der Waals surface area contributed by atoms with E-state index in [1.807, 2.05) is 29.1 Å². The van der Waals surface area contributed by atoms with Gasteiger partial charge in [-0.15, -0.1) is 0 Å². The summed E-state index contributed by atoms with van der Waals surface area (Å²) in [6.07, 6.45) is 6.51. The van der Waals surface area contributed by atoms with E-state index in [4.69, 9.17) is 0 Å². The van der Waals surface area contributed by atoms with Gasteiger partial charge in [-0.1, -0.05) is 36.4 Å². The fourth-order valence-corrected chi connectivity index (χ4v) is 3.36. The molecule has 1 aliphatic rings. The Kier molecular flexibility index (Phi) is 3.62. The smallest absolute Gasteiger partial charge is 0.0645 e. The standard InChI is InChI=1S/C20H21N3/c1-16-11-12-18-7-5-6-10-20(18)22(16)14-17-13-21-23(15-17)19-8-3-2-4-9-19/h2-10,13,15-16H,11-12,14H2,1H3. The molecule has 0 fully saturated rings. The van der Waals surface area contributed by atoms with E-state index in [1.165, 1.54) is 29.7 Å². The number of hydrogen-bond donors (Lipinski definition) is 0. The molecule has 2 aromatic carbocycles. The van der Waals surface area contributed by atoms with Crippen molar-refractivity contribution in [2.24, 2.45) is 0 Å². The predicted octanol–water partition coefficient (Wildman–Crippen LogP) is 4.21. The van der Waals surface area contributed by atoms with Crippen LogP contribution in [-0.4, -0.2) is 15.8 Å². The Balaban J connectivity index is 1.60. The van der Waals surface area contributed by atoms with E-state index < -0.39 is 0 Å². The normalized spacial score (nSPS) is 17.1. The molecule has 0 spiro atoms. The highest BCUT2D eigenvalue weighted by Crippen LogP contribution is 2.31. The number of aryl methyl sites for hydroxylation is 1. The summed E-state index contributed by atoms with van der Waals surface area (Å²) in [7, 11) is 0. The average Bonchev–Trinajstić information content (AvgIpc) is 3.07. The van der Waals surface area contributed by atoms with E-state index in [9.17, 15) is 0 Å². The van der Waals surface area contributed by atoms with Gasteiger partial charge in [-0.2, -0.15) is 5.10 Å². The zero-order valence-electron chi connectivity index (χ0n) is 13.4. The summed E-state index contributed by atoms with van der Waals surface area (Å²) in [5.41, 5.74) is 5.18. The van der Waals surface area contributed by atoms with Crippen LogP contribution in [0.15, 0.2) is 67.0 Å². The van der Waals surface area contributed by atoms with Crippen LogP contribution in [0.5, 0.6) is 0 Å². The third-order valence-corrected chi connectivity index (χ3v) is 4.67. The molecule has 0 amide bonds. The van der Waals surface area contributed by atoms with E-state index in [0.717, 1.165) is 12.2 Å². The number of benzene rings is 2. The van der Waals surface area contributed by atoms with Crippen LogP contribution in [0.2, 0.25) is 0 Å². The molecule has 1 unspecified atom stereocenters. The van der Waals surface area contributed by atoms with Crippen LogP contribution in [0, 0.1) is 0 Å². The minimum Gasteiger partial charge on any atom is -0.364 e. The fraction of sp³-hybridized carbons (Fsp3) is 0.250.